The van der Waals surface area contributed by atoms with Crippen molar-refractivity contribution in [1.29, 1.82) is 0 Å². The maximum Gasteiger partial charge on any atom is 0.242 e. The first-order valence-electron chi connectivity index (χ1n) is 7.89. The fraction of sp³-hybridized carbons (Fsp3) is 0.500. The van der Waals surface area contributed by atoms with Crippen molar-refractivity contribution in [3.05, 3.63) is 36.5 Å². The molecule has 0 unspecified atom stereocenters. The van der Waals surface area contributed by atoms with Gasteiger partial charge in [0.15, 0.2) is 0 Å². The largest absolute Gasteiger partial charge is 0.349 e. The molecule has 0 bridgehead atoms. The molecule has 0 radical (unpaired) electrons. The minimum absolute atomic E-state index is 0.129. The summed E-state index contributed by atoms with van der Waals surface area (Å²) in [6.07, 6.45) is 10.9. The maximum atomic E-state index is 12.6. The molecular formula is C16H22N6O. The van der Waals surface area contributed by atoms with E-state index in [9.17, 15) is 4.79 Å². The number of nitrogens with zero attached hydrogens (tertiary/aromatic N) is 6. The summed E-state index contributed by atoms with van der Waals surface area (Å²) in [5, 5.41) is 4.33. The number of aryl methyl sites for hydroxylation is 1. The maximum absolute atomic E-state index is 12.6. The molecule has 0 saturated carbocycles. The number of amides is 1. The van der Waals surface area contributed by atoms with Gasteiger partial charge in [0.05, 0.1) is 31.5 Å². The molecule has 1 aliphatic heterocycles. The zero-order chi connectivity index (χ0) is 16.2. The van der Waals surface area contributed by atoms with Gasteiger partial charge in [0.2, 0.25) is 5.91 Å². The van der Waals surface area contributed by atoms with Crippen LogP contribution in [0.25, 0.3) is 0 Å². The van der Waals surface area contributed by atoms with Crippen molar-refractivity contribution in [2.75, 3.05) is 25.0 Å². The topological polar surface area (TPSA) is 67.2 Å². The quantitative estimate of drug-likeness (QED) is 0.827. The van der Waals surface area contributed by atoms with Crippen LogP contribution in [-0.2, 0) is 11.3 Å². The molecule has 3 heterocycles. The van der Waals surface area contributed by atoms with Gasteiger partial charge in [-0.1, -0.05) is 0 Å². The van der Waals surface area contributed by atoms with E-state index in [0.717, 1.165) is 31.5 Å². The second kappa shape index (κ2) is 6.76. The van der Waals surface area contributed by atoms with Crippen LogP contribution in [0.15, 0.2) is 31.0 Å². The SMILES string of the molecule is Cc1cnn(C[C@H]2CCCN2C(=O)CN(C)c2cnccn2)c1. The third-order valence-electron chi connectivity index (χ3n) is 4.17. The van der Waals surface area contributed by atoms with Gasteiger partial charge in [0.25, 0.3) is 0 Å². The fourth-order valence-electron chi connectivity index (χ4n) is 3.00. The van der Waals surface area contributed by atoms with Gasteiger partial charge in [-0.25, -0.2) is 4.98 Å². The number of anilines is 1. The van der Waals surface area contributed by atoms with Crippen LogP contribution >= 0.6 is 0 Å². The highest BCUT2D eigenvalue weighted by molar-refractivity contribution is 5.81. The van der Waals surface area contributed by atoms with E-state index in [-0.39, 0.29) is 11.9 Å². The van der Waals surface area contributed by atoms with E-state index in [2.05, 4.69) is 15.1 Å². The highest BCUT2D eigenvalue weighted by Crippen LogP contribution is 2.19. The van der Waals surface area contributed by atoms with Crippen LogP contribution in [0.3, 0.4) is 0 Å². The first-order valence-corrected chi connectivity index (χ1v) is 7.89. The number of likely N-dealkylation sites (N-methyl/N-ethyl adjacent to an activating group) is 1. The standard InChI is InChI=1S/C16H22N6O/c1-13-8-19-21(10-13)11-14-4-3-7-22(14)16(23)12-20(2)15-9-17-5-6-18-15/h5-6,8-10,14H,3-4,7,11-12H2,1-2H3/t14-/m1/s1. The molecule has 0 aliphatic carbocycles. The van der Waals surface area contributed by atoms with Gasteiger partial charge in [-0.3, -0.25) is 14.5 Å². The van der Waals surface area contributed by atoms with Crippen LogP contribution < -0.4 is 4.90 Å². The third-order valence-corrected chi connectivity index (χ3v) is 4.17. The molecule has 122 valence electrons. The van der Waals surface area contributed by atoms with E-state index in [1.54, 1.807) is 18.6 Å². The molecular weight excluding hydrogens is 292 g/mol. The second-order valence-electron chi connectivity index (χ2n) is 6.04. The Bertz CT molecular complexity index is 656. The Morgan fingerprint density at radius 2 is 2.26 bits per heavy atom. The number of carbonyl (C=O) groups is 1. The normalized spacial score (nSPS) is 17.5. The fourth-order valence-corrected chi connectivity index (χ4v) is 3.00. The Labute approximate surface area is 135 Å². The van der Waals surface area contributed by atoms with E-state index in [4.69, 9.17) is 0 Å². The van der Waals surface area contributed by atoms with Crippen molar-refractivity contribution in [2.45, 2.75) is 32.4 Å². The van der Waals surface area contributed by atoms with Gasteiger partial charge in [0, 0.05) is 32.2 Å². The Morgan fingerprint density at radius 3 is 2.96 bits per heavy atom. The minimum Gasteiger partial charge on any atom is -0.349 e. The van der Waals surface area contributed by atoms with Gasteiger partial charge >= 0.3 is 0 Å². The molecule has 0 spiro atoms. The van der Waals surface area contributed by atoms with E-state index in [1.807, 2.05) is 40.8 Å². The predicted molar refractivity (Wildman–Crippen MR) is 87.0 cm³/mol. The number of carbonyl (C=O) groups excluding carboxylic acids is 1. The molecule has 0 aromatic carbocycles. The predicted octanol–water partition coefficient (Wildman–Crippen LogP) is 1.11. The smallest absolute Gasteiger partial charge is 0.242 e. The summed E-state index contributed by atoms with van der Waals surface area (Å²) in [5.74, 6) is 0.837. The molecule has 23 heavy (non-hydrogen) atoms. The average Bonchev–Trinajstić information content (AvgIpc) is 3.17. The van der Waals surface area contributed by atoms with Crippen LogP contribution in [0.2, 0.25) is 0 Å². The lowest BCUT2D eigenvalue weighted by Gasteiger charge is -2.27. The van der Waals surface area contributed by atoms with Crippen LogP contribution in [0, 0.1) is 6.92 Å². The molecule has 1 amide bonds. The molecule has 1 aliphatic rings. The molecule has 2 aromatic rings. The van der Waals surface area contributed by atoms with E-state index < -0.39 is 0 Å². The zero-order valence-corrected chi connectivity index (χ0v) is 13.6. The summed E-state index contributed by atoms with van der Waals surface area (Å²) < 4.78 is 1.93. The summed E-state index contributed by atoms with van der Waals surface area (Å²) in [4.78, 5) is 24.7. The van der Waals surface area contributed by atoms with E-state index in [0.29, 0.717) is 12.4 Å². The molecule has 3 rings (SSSR count). The summed E-state index contributed by atoms with van der Waals surface area (Å²) in [7, 11) is 1.86. The lowest BCUT2D eigenvalue weighted by Crippen LogP contribution is -2.43. The Kier molecular flexibility index (Phi) is 4.55. The van der Waals surface area contributed by atoms with Crippen molar-refractivity contribution >= 4 is 11.7 Å². The minimum atomic E-state index is 0.129. The van der Waals surface area contributed by atoms with Crippen molar-refractivity contribution in [3.8, 4) is 0 Å². The third kappa shape index (κ3) is 3.67. The van der Waals surface area contributed by atoms with Gasteiger partial charge in [0.1, 0.15) is 5.82 Å². The number of likely N-dealkylation sites (tertiary alicyclic amines) is 1. The van der Waals surface area contributed by atoms with Gasteiger partial charge in [-0.15, -0.1) is 0 Å². The lowest BCUT2D eigenvalue weighted by atomic mass is 10.2. The Morgan fingerprint density at radius 1 is 1.39 bits per heavy atom. The van der Waals surface area contributed by atoms with Crippen LogP contribution in [-0.4, -0.2) is 56.7 Å². The summed E-state index contributed by atoms with van der Waals surface area (Å²) in [6, 6.07) is 0.219. The van der Waals surface area contributed by atoms with Crippen LogP contribution in [0.1, 0.15) is 18.4 Å². The highest BCUT2D eigenvalue weighted by Gasteiger charge is 2.29. The first-order chi connectivity index (χ1) is 11.1. The number of hydrogen-bond donors (Lipinski definition) is 0. The van der Waals surface area contributed by atoms with Crippen molar-refractivity contribution in [3.63, 3.8) is 0 Å². The number of rotatable bonds is 5. The van der Waals surface area contributed by atoms with Crippen molar-refractivity contribution < 1.29 is 4.79 Å². The van der Waals surface area contributed by atoms with Crippen molar-refractivity contribution in [2.24, 2.45) is 0 Å². The molecule has 7 nitrogen and oxygen atoms in total. The van der Waals surface area contributed by atoms with Gasteiger partial charge in [-0.05, 0) is 25.3 Å². The Balaban J connectivity index is 1.61. The first kappa shape index (κ1) is 15.5. The van der Waals surface area contributed by atoms with E-state index in [1.165, 1.54) is 0 Å². The van der Waals surface area contributed by atoms with Crippen LogP contribution in [0.5, 0.6) is 0 Å². The molecule has 1 fully saturated rings. The lowest BCUT2D eigenvalue weighted by molar-refractivity contribution is -0.130. The zero-order valence-electron chi connectivity index (χ0n) is 13.6. The summed E-state index contributed by atoms with van der Waals surface area (Å²) in [5.41, 5.74) is 1.14. The molecule has 2 aromatic heterocycles. The average molecular weight is 314 g/mol. The molecule has 0 N–H and O–H groups in total. The van der Waals surface area contributed by atoms with E-state index >= 15 is 0 Å². The second-order valence-corrected chi connectivity index (χ2v) is 6.04. The van der Waals surface area contributed by atoms with Crippen molar-refractivity contribution in [1.82, 2.24) is 24.6 Å². The van der Waals surface area contributed by atoms with Gasteiger partial charge < -0.3 is 9.80 Å². The molecule has 1 atom stereocenters. The summed E-state index contributed by atoms with van der Waals surface area (Å²) >= 11 is 0. The molecule has 1 saturated heterocycles. The highest BCUT2D eigenvalue weighted by atomic mass is 16.2. The van der Waals surface area contributed by atoms with Gasteiger partial charge in [-0.2, -0.15) is 5.10 Å². The monoisotopic (exact) mass is 314 g/mol. The Hall–Kier alpha value is -2.44. The summed E-state index contributed by atoms with van der Waals surface area (Å²) in [6.45, 7) is 3.91. The number of aromatic nitrogens is 4. The van der Waals surface area contributed by atoms with Crippen LogP contribution in [0.4, 0.5) is 5.82 Å². The number of hydrogen-bond acceptors (Lipinski definition) is 5. The molecule has 7 heteroatoms.